The molecule has 1 heterocycles. The molecule has 5 heteroatoms. The summed E-state index contributed by atoms with van der Waals surface area (Å²) in [6.45, 7) is 6.36. The average molecular weight is 397 g/mol. The number of nitrogens with zero attached hydrogens (tertiary/aromatic N) is 2. The van der Waals surface area contributed by atoms with Crippen molar-refractivity contribution in [1.82, 2.24) is 9.80 Å². The van der Waals surface area contributed by atoms with Gasteiger partial charge in [-0.3, -0.25) is 9.69 Å². The first-order valence-electron chi connectivity index (χ1n) is 10.5. The van der Waals surface area contributed by atoms with Crippen LogP contribution in [0.5, 0.6) is 11.5 Å². The Morgan fingerprint density at radius 3 is 2.45 bits per heavy atom. The summed E-state index contributed by atoms with van der Waals surface area (Å²) in [5.41, 5.74) is 2.12. The Morgan fingerprint density at radius 2 is 1.83 bits per heavy atom. The van der Waals surface area contributed by atoms with Crippen LogP contribution < -0.4 is 9.47 Å². The summed E-state index contributed by atoms with van der Waals surface area (Å²) < 4.78 is 11.1. The van der Waals surface area contributed by atoms with E-state index in [9.17, 15) is 4.79 Å². The Bertz CT molecular complexity index is 805. The van der Waals surface area contributed by atoms with Gasteiger partial charge < -0.3 is 14.4 Å². The van der Waals surface area contributed by atoms with E-state index in [1.54, 1.807) is 14.2 Å². The molecule has 0 saturated carbocycles. The minimum absolute atomic E-state index is 0.102. The third-order valence-electron chi connectivity index (χ3n) is 5.85. The Kier molecular flexibility index (Phi) is 7.15. The van der Waals surface area contributed by atoms with Crippen molar-refractivity contribution in [2.45, 2.75) is 38.8 Å². The number of carbonyl (C=O) groups excluding carboxylic acids is 1. The lowest BCUT2D eigenvalue weighted by molar-refractivity contribution is -0.137. The molecule has 2 aromatic carbocycles. The number of likely N-dealkylation sites (tertiary alicyclic amines) is 1. The second-order valence-corrected chi connectivity index (χ2v) is 7.33. The second kappa shape index (κ2) is 9.79. The summed E-state index contributed by atoms with van der Waals surface area (Å²) in [5, 5.41) is 0. The molecule has 5 nitrogen and oxygen atoms in total. The zero-order chi connectivity index (χ0) is 20.8. The van der Waals surface area contributed by atoms with Gasteiger partial charge in [-0.2, -0.15) is 0 Å². The van der Waals surface area contributed by atoms with Gasteiger partial charge in [0.25, 0.3) is 0 Å². The number of hydrogen-bond acceptors (Lipinski definition) is 4. The van der Waals surface area contributed by atoms with Gasteiger partial charge in [-0.15, -0.1) is 0 Å². The van der Waals surface area contributed by atoms with Gasteiger partial charge in [-0.05, 0) is 57.0 Å². The number of ether oxygens (including phenoxy) is 2. The predicted octanol–water partition coefficient (Wildman–Crippen LogP) is 4.45. The number of rotatable bonds is 8. The highest BCUT2D eigenvalue weighted by Gasteiger charge is 2.39. The van der Waals surface area contributed by atoms with Crippen molar-refractivity contribution >= 4 is 5.91 Å². The SMILES string of the molecule is CCN(CC)C(=O)[C@@H](c1ccccc1)N1CCC[C@@H]1c1cc(OC)ccc1OC. The van der Waals surface area contributed by atoms with Crippen LogP contribution in [0.15, 0.2) is 48.5 Å². The van der Waals surface area contributed by atoms with Gasteiger partial charge >= 0.3 is 0 Å². The average Bonchev–Trinajstić information content (AvgIpc) is 3.24. The minimum Gasteiger partial charge on any atom is -0.497 e. The molecule has 0 unspecified atom stereocenters. The lowest BCUT2D eigenvalue weighted by Gasteiger charge is -2.36. The molecule has 29 heavy (non-hydrogen) atoms. The molecule has 2 aromatic rings. The van der Waals surface area contributed by atoms with Gasteiger partial charge in [-0.25, -0.2) is 0 Å². The molecule has 0 bridgehead atoms. The van der Waals surface area contributed by atoms with Gasteiger partial charge in [0, 0.05) is 24.7 Å². The molecule has 0 spiro atoms. The van der Waals surface area contributed by atoms with Crippen molar-refractivity contribution < 1.29 is 14.3 Å². The Morgan fingerprint density at radius 1 is 1.10 bits per heavy atom. The van der Waals surface area contributed by atoms with E-state index in [1.165, 1.54) is 0 Å². The fourth-order valence-electron chi connectivity index (χ4n) is 4.35. The van der Waals surface area contributed by atoms with Crippen LogP contribution in [0.1, 0.15) is 49.9 Å². The third kappa shape index (κ3) is 4.40. The number of benzene rings is 2. The lowest BCUT2D eigenvalue weighted by atomic mass is 9.98. The van der Waals surface area contributed by atoms with Gasteiger partial charge in [0.15, 0.2) is 0 Å². The number of methoxy groups -OCH3 is 2. The molecule has 3 rings (SSSR count). The fraction of sp³-hybridized carbons (Fsp3) is 0.458. The molecule has 2 atom stereocenters. The first kappa shape index (κ1) is 21.2. The van der Waals surface area contributed by atoms with Crippen LogP contribution in [0, 0.1) is 0 Å². The standard InChI is InChI=1S/C24H32N2O3/c1-5-25(6-2)24(27)23(18-11-8-7-9-12-18)26-16-10-13-21(26)20-17-19(28-3)14-15-22(20)29-4/h7-9,11-12,14-15,17,21,23H,5-6,10,13,16H2,1-4H3/t21-,23-/m1/s1. The molecular weight excluding hydrogens is 364 g/mol. The zero-order valence-electron chi connectivity index (χ0n) is 17.9. The smallest absolute Gasteiger partial charge is 0.244 e. The van der Waals surface area contributed by atoms with Gasteiger partial charge in [0.05, 0.1) is 14.2 Å². The minimum atomic E-state index is -0.306. The molecule has 1 aliphatic heterocycles. The maximum atomic E-state index is 13.6. The Hall–Kier alpha value is -2.53. The van der Waals surface area contributed by atoms with Crippen molar-refractivity contribution in [2.24, 2.45) is 0 Å². The van der Waals surface area contributed by atoms with Crippen LogP contribution in [0.2, 0.25) is 0 Å². The summed E-state index contributed by atoms with van der Waals surface area (Å²) in [4.78, 5) is 17.8. The van der Waals surface area contributed by atoms with Crippen molar-refractivity contribution in [3.63, 3.8) is 0 Å². The molecule has 156 valence electrons. The van der Waals surface area contributed by atoms with Crippen molar-refractivity contribution in [3.8, 4) is 11.5 Å². The van der Waals surface area contributed by atoms with Crippen LogP contribution in [-0.2, 0) is 4.79 Å². The summed E-state index contributed by atoms with van der Waals surface area (Å²) in [5.74, 6) is 1.80. The molecule has 0 aliphatic carbocycles. The molecule has 0 N–H and O–H groups in total. The van der Waals surface area contributed by atoms with Crippen LogP contribution in [-0.4, -0.2) is 49.6 Å². The summed E-state index contributed by atoms with van der Waals surface area (Å²) in [6, 6.07) is 15.8. The van der Waals surface area contributed by atoms with E-state index in [0.29, 0.717) is 13.1 Å². The van der Waals surface area contributed by atoms with Gasteiger partial charge in [-0.1, -0.05) is 30.3 Å². The molecule has 1 fully saturated rings. The summed E-state index contributed by atoms with van der Waals surface area (Å²) in [6.07, 6.45) is 2.03. The Labute approximate surface area is 174 Å². The first-order valence-corrected chi connectivity index (χ1v) is 10.5. The normalized spacial score (nSPS) is 17.7. The monoisotopic (exact) mass is 396 g/mol. The number of likely N-dealkylation sites (N-methyl/N-ethyl adjacent to an activating group) is 1. The highest BCUT2D eigenvalue weighted by Crippen LogP contribution is 2.43. The van der Waals surface area contributed by atoms with E-state index in [-0.39, 0.29) is 18.0 Å². The van der Waals surface area contributed by atoms with E-state index in [1.807, 2.05) is 55.1 Å². The van der Waals surface area contributed by atoms with Crippen LogP contribution in [0.4, 0.5) is 0 Å². The second-order valence-electron chi connectivity index (χ2n) is 7.33. The highest BCUT2D eigenvalue weighted by atomic mass is 16.5. The first-order chi connectivity index (χ1) is 14.1. The van der Waals surface area contributed by atoms with E-state index in [2.05, 4.69) is 17.0 Å². The highest BCUT2D eigenvalue weighted by molar-refractivity contribution is 5.83. The number of amides is 1. The lowest BCUT2D eigenvalue weighted by Crippen LogP contribution is -2.43. The van der Waals surface area contributed by atoms with E-state index < -0.39 is 0 Å². The molecular formula is C24H32N2O3. The maximum absolute atomic E-state index is 13.6. The summed E-state index contributed by atoms with van der Waals surface area (Å²) >= 11 is 0. The van der Waals surface area contributed by atoms with E-state index >= 15 is 0 Å². The molecule has 1 aliphatic rings. The summed E-state index contributed by atoms with van der Waals surface area (Å²) in [7, 11) is 3.37. The third-order valence-corrected chi connectivity index (χ3v) is 5.85. The van der Waals surface area contributed by atoms with Crippen molar-refractivity contribution in [2.75, 3.05) is 33.9 Å². The molecule has 1 saturated heterocycles. The largest absolute Gasteiger partial charge is 0.497 e. The zero-order valence-corrected chi connectivity index (χ0v) is 17.9. The van der Waals surface area contributed by atoms with Crippen LogP contribution in [0.25, 0.3) is 0 Å². The fourth-order valence-corrected chi connectivity index (χ4v) is 4.35. The quantitative estimate of drug-likeness (QED) is 0.661. The molecule has 1 amide bonds. The van der Waals surface area contributed by atoms with E-state index in [0.717, 1.165) is 42.0 Å². The van der Waals surface area contributed by atoms with Gasteiger partial charge in [0.1, 0.15) is 17.5 Å². The number of carbonyl (C=O) groups is 1. The van der Waals surface area contributed by atoms with Crippen LogP contribution >= 0.6 is 0 Å². The van der Waals surface area contributed by atoms with Crippen molar-refractivity contribution in [1.29, 1.82) is 0 Å². The maximum Gasteiger partial charge on any atom is 0.244 e. The van der Waals surface area contributed by atoms with Crippen LogP contribution in [0.3, 0.4) is 0 Å². The molecule has 0 aromatic heterocycles. The Balaban J connectivity index is 2.04. The van der Waals surface area contributed by atoms with E-state index in [4.69, 9.17) is 9.47 Å². The predicted molar refractivity (Wildman–Crippen MR) is 115 cm³/mol. The van der Waals surface area contributed by atoms with Gasteiger partial charge in [0.2, 0.25) is 5.91 Å². The topological polar surface area (TPSA) is 42.0 Å². The number of hydrogen-bond donors (Lipinski definition) is 0. The van der Waals surface area contributed by atoms with Crippen molar-refractivity contribution in [3.05, 3.63) is 59.7 Å². The molecule has 0 radical (unpaired) electrons.